The summed E-state index contributed by atoms with van der Waals surface area (Å²) in [6.07, 6.45) is 7.54. The Kier molecular flexibility index (Phi) is 7.51. The summed E-state index contributed by atoms with van der Waals surface area (Å²) in [5, 5.41) is 0. The van der Waals surface area contributed by atoms with Crippen LogP contribution in [0.15, 0.2) is 83.5 Å². The first-order valence-corrected chi connectivity index (χ1v) is 13.4. The van der Waals surface area contributed by atoms with Gasteiger partial charge in [0.15, 0.2) is 0 Å². The summed E-state index contributed by atoms with van der Waals surface area (Å²) >= 11 is 0. The number of aryl methyl sites for hydroxylation is 3. The number of oxazole rings is 1. The first-order chi connectivity index (χ1) is 16.8. The Morgan fingerprint density at radius 2 is 1.63 bits per heavy atom. The summed E-state index contributed by atoms with van der Waals surface area (Å²) in [7, 11) is -3.63. The molecule has 0 aliphatic heterocycles. The molecule has 4 aromatic rings. The Labute approximate surface area is 205 Å². The lowest BCUT2D eigenvalue weighted by Gasteiger charge is -2.18. The minimum absolute atomic E-state index is 0.386. The molecule has 1 unspecified atom stereocenters. The van der Waals surface area contributed by atoms with E-state index in [1.165, 1.54) is 5.56 Å². The van der Waals surface area contributed by atoms with E-state index in [4.69, 9.17) is 4.42 Å². The summed E-state index contributed by atoms with van der Waals surface area (Å²) in [5.74, 6) is 0.952. The highest BCUT2D eigenvalue weighted by atomic mass is 32.2. The number of hydrogen-bond acceptors (Lipinski definition) is 5. The lowest BCUT2D eigenvalue weighted by atomic mass is 10.0. The molecule has 35 heavy (non-hydrogen) atoms. The fourth-order valence-electron chi connectivity index (χ4n) is 4.03. The predicted molar refractivity (Wildman–Crippen MR) is 135 cm³/mol. The van der Waals surface area contributed by atoms with Crippen molar-refractivity contribution >= 4 is 15.9 Å². The summed E-state index contributed by atoms with van der Waals surface area (Å²) in [4.78, 5) is 17.3. The van der Waals surface area contributed by atoms with Gasteiger partial charge in [0, 0.05) is 24.4 Å². The molecule has 182 valence electrons. The molecule has 7 nitrogen and oxygen atoms in total. The lowest BCUT2D eigenvalue weighted by Crippen LogP contribution is -2.36. The molecular formula is C27H29N3O4S. The average Bonchev–Trinajstić information content (AvgIpc) is 3.48. The molecule has 2 aromatic carbocycles. The SMILES string of the molecule is Cc1oc(-c2ccccc2)nc1CCCc1ccc(CC(C(=O)NS(C)(=O)=O)n2cccc2)cc1. The molecule has 0 bridgehead atoms. The maximum Gasteiger partial charge on any atom is 0.256 e. The van der Waals surface area contributed by atoms with Crippen molar-refractivity contribution in [2.45, 2.75) is 38.6 Å². The summed E-state index contributed by atoms with van der Waals surface area (Å²) in [5.41, 5.74) is 4.10. The smallest absolute Gasteiger partial charge is 0.256 e. The molecule has 0 saturated carbocycles. The molecule has 0 aliphatic rings. The van der Waals surface area contributed by atoms with Crippen molar-refractivity contribution < 1.29 is 17.6 Å². The van der Waals surface area contributed by atoms with Crippen LogP contribution in [0.4, 0.5) is 0 Å². The number of amides is 1. The van der Waals surface area contributed by atoms with Gasteiger partial charge in [-0.15, -0.1) is 0 Å². The second-order valence-electron chi connectivity index (χ2n) is 8.65. The number of hydrogen-bond donors (Lipinski definition) is 1. The Morgan fingerprint density at radius 1 is 0.971 bits per heavy atom. The molecule has 1 amide bonds. The van der Waals surface area contributed by atoms with Gasteiger partial charge in [-0.1, -0.05) is 42.5 Å². The highest BCUT2D eigenvalue weighted by Gasteiger charge is 2.23. The highest BCUT2D eigenvalue weighted by molar-refractivity contribution is 7.89. The van der Waals surface area contributed by atoms with E-state index in [1.807, 2.05) is 61.5 Å². The number of nitrogens with zero attached hydrogens (tertiary/aromatic N) is 2. The number of sulfonamides is 1. The molecule has 1 atom stereocenters. The van der Waals surface area contributed by atoms with Crippen molar-refractivity contribution in [3.63, 3.8) is 0 Å². The van der Waals surface area contributed by atoms with Gasteiger partial charge in [-0.2, -0.15) is 0 Å². The van der Waals surface area contributed by atoms with Gasteiger partial charge in [-0.25, -0.2) is 13.4 Å². The second-order valence-corrected chi connectivity index (χ2v) is 10.4. The zero-order chi connectivity index (χ0) is 24.8. The molecule has 1 N–H and O–H groups in total. The van der Waals surface area contributed by atoms with Crippen LogP contribution < -0.4 is 4.72 Å². The van der Waals surface area contributed by atoms with Gasteiger partial charge in [0.05, 0.1) is 11.9 Å². The minimum atomic E-state index is -3.63. The van der Waals surface area contributed by atoms with E-state index in [0.29, 0.717) is 12.3 Å². The van der Waals surface area contributed by atoms with Gasteiger partial charge in [0.1, 0.15) is 11.8 Å². The first-order valence-electron chi connectivity index (χ1n) is 11.5. The summed E-state index contributed by atoms with van der Waals surface area (Å²) in [6, 6.07) is 21.0. The quantitative estimate of drug-likeness (QED) is 0.353. The van der Waals surface area contributed by atoms with E-state index in [2.05, 4.69) is 21.8 Å². The summed E-state index contributed by atoms with van der Waals surface area (Å²) in [6.45, 7) is 1.95. The van der Waals surface area contributed by atoms with Crippen LogP contribution >= 0.6 is 0 Å². The fourth-order valence-corrected chi connectivity index (χ4v) is 4.53. The number of aromatic nitrogens is 2. The maximum atomic E-state index is 12.6. The standard InChI is InChI=1S/C27H29N3O4S/c1-20-24(28-27(34-20)23-10-4-3-5-11-23)12-8-9-21-13-15-22(16-14-21)19-25(30-17-6-7-18-30)26(31)29-35(2,32)33/h3-7,10-11,13-18,25H,8-9,12,19H2,1-2H3,(H,29,31). The van der Waals surface area contributed by atoms with Crippen molar-refractivity contribution in [3.8, 4) is 11.5 Å². The number of carbonyl (C=O) groups is 1. The van der Waals surface area contributed by atoms with Gasteiger partial charge in [-0.3, -0.25) is 9.52 Å². The van der Waals surface area contributed by atoms with Crippen molar-refractivity contribution in [1.29, 1.82) is 0 Å². The van der Waals surface area contributed by atoms with Crippen LogP contribution in [0.3, 0.4) is 0 Å². The molecule has 2 heterocycles. The van der Waals surface area contributed by atoms with E-state index in [9.17, 15) is 13.2 Å². The van der Waals surface area contributed by atoms with Gasteiger partial charge in [0.2, 0.25) is 15.9 Å². The summed E-state index contributed by atoms with van der Waals surface area (Å²) < 4.78 is 32.8. The Morgan fingerprint density at radius 3 is 2.29 bits per heavy atom. The van der Waals surface area contributed by atoms with E-state index in [1.54, 1.807) is 17.0 Å². The molecule has 0 aliphatic carbocycles. The fraction of sp³-hybridized carbons (Fsp3) is 0.259. The van der Waals surface area contributed by atoms with E-state index < -0.39 is 22.0 Å². The molecule has 2 aromatic heterocycles. The highest BCUT2D eigenvalue weighted by Crippen LogP contribution is 2.23. The molecule has 0 fully saturated rings. The third-order valence-corrected chi connectivity index (χ3v) is 6.39. The van der Waals surface area contributed by atoms with Crippen LogP contribution in [-0.4, -0.2) is 30.1 Å². The Hall–Kier alpha value is -3.65. The van der Waals surface area contributed by atoms with Crippen molar-refractivity contribution in [3.05, 3.63) is 102 Å². The van der Waals surface area contributed by atoms with E-state index in [0.717, 1.165) is 48.1 Å². The van der Waals surface area contributed by atoms with E-state index >= 15 is 0 Å². The van der Waals surface area contributed by atoms with Crippen LogP contribution in [0, 0.1) is 6.92 Å². The molecule has 8 heteroatoms. The predicted octanol–water partition coefficient (Wildman–Crippen LogP) is 4.49. The third kappa shape index (κ3) is 6.70. The first kappa shape index (κ1) is 24.5. The number of nitrogens with one attached hydrogen (secondary N) is 1. The average molecular weight is 492 g/mol. The largest absolute Gasteiger partial charge is 0.441 e. The maximum absolute atomic E-state index is 12.6. The van der Waals surface area contributed by atoms with Gasteiger partial charge in [-0.05, 0) is 61.6 Å². The zero-order valence-corrected chi connectivity index (χ0v) is 20.7. The zero-order valence-electron chi connectivity index (χ0n) is 19.8. The van der Waals surface area contributed by atoms with Gasteiger partial charge in [0.25, 0.3) is 5.91 Å². The topological polar surface area (TPSA) is 94.2 Å². The molecule has 0 saturated heterocycles. The van der Waals surface area contributed by atoms with Crippen LogP contribution in [0.2, 0.25) is 0 Å². The molecule has 0 spiro atoms. The Bertz CT molecular complexity index is 1360. The van der Waals surface area contributed by atoms with Crippen LogP contribution in [0.5, 0.6) is 0 Å². The van der Waals surface area contributed by atoms with Crippen molar-refractivity contribution in [2.24, 2.45) is 0 Å². The Balaban J connectivity index is 1.36. The number of rotatable bonds is 10. The van der Waals surface area contributed by atoms with Crippen molar-refractivity contribution in [2.75, 3.05) is 6.26 Å². The monoisotopic (exact) mass is 491 g/mol. The van der Waals surface area contributed by atoms with Crippen LogP contribution in [0.25, 0.3) is 11.5 Å². The number of carbonyl (C=O) groups excluding carboxylic acids is 1. The molecular weight excluding hydrogens is 462 g/mol. The van der Waals surface area contributed by atoms with Crippen LogP contribution in [0.1, 0.15) is 35.0 Å². The normalized spacial score (nSPS) is 12.4. The van der Waals surface area contributed by atoms with E-state index in [-0.39, 0.29) is 0 Å². The second kappa shape index (κ2) is 10.7. The third-order valence-electron chi connectivity index (χ3n) is 5.82. The molecule has 0 radical (unpaired) electrons. The van der Waals surface area contributed by atoms with Gasteiger partial charge < -0.3 is 8.98 Å². The van der Waals surface area contributed by atoms with Crippen molar-refractivity contribution in [1.82, 2.24) is 14.3 Å². The number of benzene rings is 2. The van der Waals surface area contributed by atoms with Crippen LogP contribution in [-0.2, 0) is 34.1 Å². The lowest BCUT2D eigenvalue weighted by molar-refractivity contribution is -0.122. The minimum Gasteiger partial charge on any atom is -0.441 e. The van der Waals surface area contributed by atoms with Gasteiger partial charge >= 0.3 is 0 Å². The molecule has 4 rings (SSSR count).